The lowest BCUT2D eigenvalue weighted by atomic mass is 9.71. The number of hydrogen-bond donors (Lipinski definition) is 1. The van der Waals surface area contributed by atoms with Gasteiger partial charge < -0.3 is 5.32 Å². The highest BCUT2D eigenvalue weighted by Crippen LogP contribution is 2.50. The smallest absolute Gasteiger partial charge is 0.146 e. The molecule has 0 radical (unpaired) electrons. The first-order valence-corrected chi connectivity index (χ1v) is 9.66. The Morgan fingerprint density at radius 2 is 1.69 bits per heavy atom. The lowest BCUT2D eigenvalue weighted by Crippen LogP contribution is -2.27. The molecule has 26 heavy (non-hydrogen) atoms. The molecule has 5 rings (SSSR count). The molecule has 1 N–H and O–H groups in total. The quantitative estimate of drug-likeness (QED) is 0.600. The van der Waals surface area contributed by atoms with E-state index in [9.17, 15) is 4.39 Å². The molecule has 1 fully saturated rings. The number of rotatable bonds is 2. The van der Waals surface area contributed by atoms with Gasteiger partial charge in [-0.15, -0.1) is 0 Å². The summed E-state index contributed by atoms with van der Waals surface area (Å²) in [6, 6.07) is 15.1. The molecule has 3 heteroatoms. The molecule has 2 aliphatic carbocycles. The van der Waals surface area contributed by atoms with E-state index in [-0.39, 0.29) is 5.82 Å². The second-order valence-electron chi connectivity index (χ2n) is 7.92. The molecule has 1 aromatic heterocycles. The van der Waals surface area contributed by atoms with Crippen LogP contribution in [0.4, 0.5) is 15.8 Å². The van der Waals surface area contributed by atoms with Gasteiger partial charge in [-0.2, -0.15) is 0 Å². The van der Waals surface area contributed by atoms with Gasteiger partial charge in [0.05, 0.1) is 16.9 Å². The van der Waals surface area contributed by atoms with E-state index in [4.69, 9.17) is 4.98 Å². The monoisotopic (exact) mass is 346 g/mol. The molecule has 1 heterocycles. The Hall–Kier alpha value is -2.42. The molecule has 0 bridgehead atoms. The van der Waals surface area contributed by atoms with Crippen LogP contribution in [-0.2, 0) is 12.8 Å². The predicted molar refractivity (Wildman–Crippen MR) is 104 cm³/mol. The van der Waals surface area contributed by atoms with Gasteiger partial charge in [0.15, 0.2) is 0 Å². The van der Waals surface area contributed by atoms with Crippen LogP contribution in [0.25, 0.3) is 10.9 Å². The third-order valence-corrected chi connectivity index (χ3v) is 6.32. The number of aromatic nitrogens is 1. The zero-order chi connectivity index (χ0) is 17.6. The van der Waals surface area contributed by atoms with Crippen LogP contribution < -0.4 is 5.32 Å². The number of nitrogens with one attached hydrogen (secondary N) is 1. The number of halogens is 1. The van der Waals surface area contributed by atoms with Gasteiger partial charge in [-0.3, -0.25) is 4.98 Å². The van der Waals surface area contributed by atoms with Crippen LogP contribution in [0.15, 0.2) is 48.5 Å². The van der Waals surface area contributed by atoms with Crippen molar-refractivity contribution in [3.63, 3.8) is 0 Å². The van der Waals surface area contributed by atoms with Gasteiger partial charge >= 0.3 is 0 Å². The molecule has 1 spiro atoms. The SMILES string of the molecule is Fc1ccccc1Nc1c2c(nc3ccccc13)CCC1(CCCC1)C2. The van der Waals surface area contributed by atoms with E-state index >= 15 is 0 Å². The predicted octanol–water partition coefficient (Wildman–Crippen LogP) is 6.17. The minimum atomic E-state index is -0.214. The third-order valence-electron chi connectivity index (χ3n) is 6.32. The van der Waals surface area contributed by atoms with Gasteiger partial charge in [-0.1, -0.05) is 43.2 Å². The third kappa shape index (κ3) is 2.57. The van der Waals surface area contributed by atoms with E-state index in [1.807, 2.05) is 24.3 Å². The normalized spacial score (nSPS) is 18.2. The first-order valence-electron chi connectivity index (χ1n) is 9.66. The van der Waals surface area contributed by atoms with Gasteiger partial charge in [0.1, 0.15) is 5.82 Å². The Balaban J connectivity index is 1.68. The molecule has 0 aliphatic heterocycles. The summed E-state index contributed by atoms with van der Waals surface area (Å²) in [7, 11) is 0. The fourth-order valence-electron chi connectivity index (χ4n) is 4.94. The number of hydrogen-bond acceptors (Lipinski definition) is 2. The summed E-state index contributed by atoms with van der Waals surface area (Å²) in [4.78, 5) is 4.96. The number of para-hydroxylation sites is 2. The lowest BCUT2D eigenvalue weighted by Gasteiger charge is -2.35. The topological polar surface area (TPSA) is 24.9 Å². The maximum Gasteiger partial charge on any atom is 0.146 e. The first kappa shape index (κ1) is 15.8. The van der Waals surface area contributed by atoms with E-state index in [0.717, 1.165) is 29.4 Å². The summed E-state index contributed by atoms with van der Waals surface area (Å²) in [6.45, 7) is 0. The average molecular weight is 346 g/mol. The van der Waals surface area contributed by atoms with E-state index in [1.165, 1.54) is 49.4 Å². The highest BCUT2D eigenvalue weighted by atomic mass is 19.1. The van der Waals surface area contributed by atoms with Crippen molar-refractivity contribution < 1.29 is 4.39 Å². The molecular weight excluding hydrogens is 323 g/mol. The van der Waals surface area contributed by atoms with Crippen molar-refractivity contribution in [1.82, 2.24) is 4.98 Å². The summed E-state index contributed by atoms with van der Waals surface area (Å²) < 4.78 is 14.3. The Labute approximate surface area is 153 Å². The largest absolute Gasteiger partial charge is 0.352 e. The summed E-state index contributed by atoms with van der Waals surface area (Å²) in [5, 5.41) is 4.52. The maximum atomic E-state index is 14.3. The second kappa shape index (κ2) is 6.08. The molecule has 1 saturated carbocycles. The molecule has 0 saturated heterocycles. The Morgan fingerprint density at radius 1 is 0.923 bits per heavy atom. The number of nitrogens with zero attached hydrogens (tertiary/aromatic N) is 1. The molecule has 3 aromatic rings. The lowest BCUT2D eigenvalue weighted by molar-refractivity contribution is 0.253. The standard InChI is InChI=1S/C23H23FN2/c24-18-8-2-4-10-21(18)26-22-16-7-1-3-9-19(16)25-20-11-14-23(15-17(20)22)12-5-6-13-23/h1-4,7-10H,5-6,11-15H2,(H,25,26). The number of fused-ring (bicyclic) bond motifs is 2. The van der Waals surface area contributed by atoms with Crippen LogP contribution in [0, 0.1) is 11.2 Å². The van der Waals surface area contributed by atoms with Crippen LogP contribution >= 0.6 is 0 Å². The fourth-order valence-corrected chi connectivity index (χ4v) is 4.94. The number of benzene rings is 2. The molecule has 0 atom stereocenters. The van der Waals surface area contributed by atoms with E-state index < -0.39 is 0 Å². The van der Waals surface area contributed by atoms with Gasteiger partial charge in [-0.25, -0.2) is 4.39 Å². The van der Waals surface area contributed by atoms with Crippen molar-refractivity contribution in [2.75, 3.05) is 5.32 Å². The van der Waals surface area contributed by atoms with E-state index in [1.54, 1.807) is 6.07 Å². The molecular formula is C23H23FN2. The number of aryl methyl sites for hydroxylation is 1. The van der Waals surface area contributed by atoms with Gasteiger partial charge in [-0.05, 0) is 61.3 Å². The molecule has 2 aromatic carbocycles. The summed E-state index contributed by atoms with van der Waals surface area (Å²) in [5.74, 6) is -0.214. The van der Waals surface area contributed by atoms with Crippen molar-refractivity contribution in [3.05, 3.63) is 65.6 Å². The highest BCUT2D eigenvalue weighted by Gasteiger charge is 2.38. The van der Waals surface area contributed by atoms with Gasteiger partial charge in [0.25, 0.3) is 0 Å². The summed E-state index contributed by atoms with van der Waals surface area (Å²) in [5.41, 5.74) is 5.52. The van der Waals surface area contributed by atoms with E-state index in [0.29, 0.717) is 11.1 Å². The van der Waals surface area contributed by atoms with E-state index in [2.05, 4.69) is 17.4 Å². The molecule has 0 amide bonds. The zero-order valence-corrected chi connectivity index (χ0v) is 14.9. The Kier molecular flexibility index (Phi) is 3.70. The van der Waals surface area contributed by atoms with Crippen LogP contribution in [0.5, 0.6) is 0 Å². The molecule has 2 nitrogen and oxygen atoms in total. The summed E-state index contributed by atoms with van der Waals surface area (Å²) >= 11 is 0. The fraction of sp³-hybridized carbons (Fsp3) is 0.348. The summed E-state index contributed by atoms with van der Waals surface area (Å²) in [6.07, 6.45) is 8.66. The Morgan fingerprint density at radius 3 is 2.54 bits per heavy atom. The average Bonchev–Trinajstić information content (AvgIpc) is 3.11. The van der Waals surface area contributed by atoms with Crippen LogP contribution in [0.3, 0.4) is 0 Å². The van der Waals surface area contributed by atoms with Crippen LogP contribution in [0.2, 0.25) is 0 Å². The number of anilines is 2. The van der Waals surface area contributed by atoms with Crippen molar-refractivity contribution >= 4 is 22.3 Å². The van der Waals surface area contributed by atoms with Crippen molar-refractivity contribution in [3.8, 4) is 0 Å². The van der Waals surface area contributed by atoms with Gasteiger partial charge in [0.2, 0.25) is 0 Å². The Bertz CT molecular complexity index is 973. The highest BCUT2D eigenvalue weighted by molar-refractivity contribution is 5.95. The van der Waals surface area contributed by atoms with Crippen LogP contribution in [-0.4, -0.2) is 4.98 Å². The van der Waals surface area contributed by atoms with Crippen molar-refractivity contribution in [2.24, 2.45) is 5.41 Å². The molecule has 132 valence electrons. The minimum absolute atomic E-state index is 0.214. The minimum Gasteiger partial charge on any atom is -0.352 e. The van der Waals surface area contributed by atoms with Gasteiger partial charge in [0, 0.05) is 11.1 Å². The zero-order valence-electron chi connectivity index (χ0n) is 14.9. The molecule has 2 aliphatic rings. The molecule has 0 unspecified atom stereocenters. The van der Waals surface area contributed by atoms with Crippen LogP contribution in [0.1, 0.15) is 43.4 Å². The van der Waals surface area contributed by atoms with Crippen molar-refractivity contribution in [2.45, 2.75) is 44.9 Å². The van der Waals surface area contributed by atoms with Crippen molar-refractivity contribution in [1.29, 1.82) is 0 Å². The first-order chi connectivity index (χ1) is 12.7. The second-order valence-corrected chi connectivity index (χ2v) is 7.92. The maximum absolute atomic E-state index is 14.3. The number of pyridine rings is 1.